The van der Waals surface area contributed by atoms with Gasteiger partial charge in [0.1, 0.15) is 17.5 Å². The van der Waals surface area contributed by atoms with E-state index < -0.39 is 0 Å². The Labute approximate surface area is 178 Å². The Balaban J connectivity index is 1.37. The van der Waals surface area contributed by atoms with Crippen LogP contribution < -0.4 is 4.90 Å². The summed E-state index contributed by atoms with van der Waals surface area (Å²) in [4.78, 5) is 26.8. The fourth-order valence-electron chi connectivity index (χ4n) is 4.66. The van der Waals surface area contributed by atoms with Gasteiger partial charge in [0, 0.05) is 50.3 Å². The molecule has 1 saturated heterocycles. The Morgan fingerprint density at radius 3 is 2.77 bits per heavy atom. The molecule has 5 nitrogen and oxygen atoms in total. The number of nitrogens with zero attached hydrogens (tertiary/aromatic N) is 4. The molecular formula is C24H31FN4O. The number of carbonyl (C=O) groups is 1. The lowest BCUT2D eigenvalue weighted by Crippen LogP contribution is -2.39. The van der Waals surface area contributed by atoms with Crippen LogP contribution in [0.5, 0.6) is 0 Å². The van der Waals surface area contributed by atoms with Crippen LogP contribution in [0, 0.1) is 12.7 Å². The minimum Gasteiger partial charge on any atom is -0.359 e. The molecule has 1 fully saturated rings. The monoisotopic (exact) mass is 410 g/mol. The van der Waals surface area contributed by atoms with Gasteiger partial charge in [-0.3, -0.25) is 4.79 Å². The van der Waals surface area contributed by atoms with Crippen molar-refractivity contribution in [1.29, 1.82) is 0 Å². The van der Waals surface area contributed by atoms with Gasteiger partial charge in [-0.15, -0.1) is 0 Å². The molecule has 0 aliphatic carbocycles. The Bertz CT molecular complexity index is 899. The van der Waals surface area contributed by atoms with Crippen LogP contribution in [0.1, 0.15) is 60.7 Å². The van der Waals surface area contributed by atoms with E-state index in [1.807, 2.05) is 4.90 Å². The highest BCUT2D eigenvalue weighted by atomic mass is 19.1. The zero-order chi connectivity index (χ0) is 21.1. The van der Waals surface area contributed by atoms with Gasteiger partial charge in [0.05, 0.1) is 0 Å². The van der Waals surface area contributed by atoms with Crippen molar-refractivity contribution in [3.05, 3.63) is 52.7 Å². The maximum atomic E-state index is 13.0. The zero-order valence-electron chi connectivity index (χ0n) is 18.0. The van der Waals surface area contributed by atoms with E-state index in [1.54, 1.807) is 12.1 Å². The van der Waals surface area contributed by atoms with Crippen LogP contribution >= 0.6 is 0 Å². The maximum Gasteiger partial charge on any atom is 0.222 e. The highest BCUT2D eigenvalue weighted by Crippen LogP contribution is 2.31. The third kappa shape index (κ3) is 4.63. The van der Waals surface area contributed by atoms with Crippen LogP contribution in [0.15, 0.2) is 24.3 Å². The van der Waals surface area contributed by atoms with E-state index in [-0.39, 0.29) is 17.6 Å². The maximum absolute atomic E-state index is 13.0. The number of carbonyl (C=O) groups excluding carboxylic acids is 1. The molecule has 2 aliphatic heterocycles. The van der Waals surface area contributed by atoms with Gasteiger partial charge in [0.15, 0.2) is 0 Å². The standard InChI is InChI=1S/C24H31FN4O/c1-17-21-8-5-14-28(2)24(21)27-23(26-17)19-7-4-15-29(16-19)22(30)9-3-6-18-10-12-20(25)13-11-18/h10-13,19H,3-9,14-16H2,1-2H3/t19-/m0/s1. The van der Waals surface area contributed by atoms with E-state index in [1.165, 1.54) is 17.7 Å². The summed E-state index contributed by atoms with van der Waals surface area (Å²) < 4.78 is 13.0. The number of hydrogen-bond donors (Lipinski definition) is 0. The largest absolute Gasteiger partial charge is 0.359 e. The molecule has 0 bridgehead atoms. The molecule has 0 unspecified atom stereocenters. The smallest absolute Gasteiger partial charge is 0.222 e. The summed E-state index contributed by atoms with van der Waals surface area (Å²) in [6.45, 7) is 4.64. The molecule has 0 spiro atoms. The molecule has 0 radical (unpaired) electrons. The lowest BCUT2D eigenvalue weighted by Gasteiger charge is -2.33. The van der Waals surface area contributed by atoms with Gasteiger partial charge in [0.25, 0.3) is 0 Å². The number of hydrogen-bond acceptors (Lipinski definition) is 4. The highest BCUT2D eigenvalue weighted by Gasteiger charge is 2.28. The minimum atomic E-state index is -0.222. The number of aromatic nitrogens is 2. The second-order valence-electron chi connectivity index (χ2n) is 8.65. The summed E-state index contributed by atoms with van der Waals surface area (Å²) in [5.74, 6) is 2.16. The molecule has 1 aromatic heterocycles. The molecule has 1 atom stereocenters. The van der Waals surface area contributed by atoms with E-state index in [9.17, 15) is 9.18 Å². The van der Waals surface area contributed by atoms with Crippen molar-refractivity contribution in [2.45, 2.75) is 57.8 Å². The topological polar surface area (TPSA) is 49.3 Å². The molecule has 0 saturated carbocycles. The molecular weight excluding hydrogens is 379 g/mol. The summed E-state index contributed by atoms with van der Waals surface area (Å²) in [6, 6.07) is 6.54. The van der Waals surface area contributed by atoms with Crippen LogP contribution in [0.4, 0.5) is 10.2 Å². The number of amides is 1. The zero-order valence-corrected chi connectivity index (χ0v) is 18.0. The van der Waals surface area contributed by atoms with E-state index in [0.717, 1.165) is 74.5 Å². The van der Waals surface area contributed by atoms with Gasteiger partial charge in [-0.2, -0.15) is 0 Å². The third-order valence-electron chi connectivity index (χ3n) is 6.40. The number of rotatable bonds is 5. The molecule has 2 aliphatic rings. The molecule has 1 aromatic carbocycles. The number of halogens is 1. The molecule has 0 N–H and O–H groups in total. The van der Waals surface area contributed by atoms with Crippen LogP contribution in [0.25, 0.3) is 0 Å². The summed E-state index contributed by atoms with van der Waals surface area (Å²) >= 11 is 0. The Hall–Kier alpha value is -2.50. The summed E-state index contributed by atoms with van der Waals surface area (Å²) in [5, 5.41) is 0. The van der Waals surface area contributed by atoms with Gasteiger partial charge in [0.2, 0.25) is 5.91 Å². The van der Waals surface area contributed by atoms with Crippen molar-refractivity contribution in [3.63, 3.8) is 0 Å². The highest BCUT2D eigenvalue weighted by molar-refractivity contribution is 5.76. The SMILES string of the molecule is Cc1nc([C@H]2CCCN(C(=O)CCCc3ccc(F)cc3)C2)nc2c1CCCN2C. The van der Waals surface area contributed by atoms with Crippen molar-refractivity contribution in [2.75, 3.05) is 31.6 Å². The average molecular weight is 411 g/mol. The molecule has 1 amide bonds. The van der Waals surface area contributed by atoms with E-state index >= 15 is 0 Å². The van der Waals surface area contributed by atoms with Crippen LogP contribution in [-0.2, 0) is 17.6 Å². The molecule has 160 valence electrons. The normalized spacial score (nSPS) is 19.0. The fraction of sp³-hybridized carbons (Fsp3) is 0.542. The first-order valence-corrected chi connectivity index (χ1v) is 11.1. The number of anilines is 1. The minimum absolute atomic E-state index is 0.202. The first-order chi connectivity index (χ1) is 14.5. The molecule has 6 heteroatoms. The number of fused-ring (bicyclic) bond motifs is 1. The number of likely N-dealkylation sites (tertiary alicyclic amines) is 1. The summed E-state index contributed by atoms with van der Waals surface area (Å²) in [6.07, 6.45) is 6.32. The van der Waals surface area contributed by atoms with Crippen molar-refractivity contribution >= 4 is 11.7 Å². The lowest BCUT2D eigenvalue weighted by atomic mass is 9.95. The summed E-state index contributed by atoms with van der Waals surface area (Å²) in [7, 11) is 2.10. The predicted molar refractivity (Wildman–Crippen MR) is 116 cm³/mol. The Morgan fingerprint density at radius 2 is 1.97 bits per heavy atom. The first-order valence-electron chi connectivity index (χ1n) is 11.1. The first kappa shape index (κ1) is 20.8. The Kier molecular flexibility index (Phi) is 6.30. The van der Waals surface area contributed by atoms with Gasteiger partial charge >= 0.3 is 0 Å². The molecule has 4 rings (SSSR count). The van der Waals surface area contributed by atoms with E-state index in [4.69, 9.17) is 9.97 Å². The fourth-order valence-corrected chi connectivity index (χ4v) is 4.66. The second kappa shape index (κ2) is 9.11. The van der Waals surface area contributed by atoms with Gasteiger partial charge in [-0.1, -0.05) is 12.1 Å². The third-order valence-corrected chi connectivity index (χ3v) is 6.40. The van der Waals surface area contributed by atoms with E-state index in [0.29, 0.717) is 13.0 Å². The Morgan fingerprint density at radius 1 is 1.17 bits per heavy atom. The number of aryl methyl sites for hydroxylation is 2. The van der Waals surface area contributed by atoms with Crippen molar-refractivity contribution < 1.29 is 9.18 Å². The molecule has 3 heterocycles. The average Bonchev–Trinajstić information content (AvgIpc) is 2.76. The van der Waals surface area contributed by atoms with Crippen molar-refractivity contribution in [1.82, 2.24) is 14.9 Å². The second-order valence-corrected chi connectivity index (χ2v) is 8.65. The van der Waals surface area contributed by atoms with Crippen LogP contribution in [0.2, 0.25) is 0 Å². The van der Waals surface area contributed by atoms with Gasteiger partial charge < -0.3 is 9.80 Å². The quantitative estimate of drug-likeness (QED) is 0.747. The molecule has 30 heavy (non-hydrogen) atoms. The number of piperidine rings is 1. The van der Waals surface area contributed by atoms with Crippen molar-refractivity contribution in [2.24, 2.45) is 0 Å². The molecule has 2 aromatic rings. The lowest BCUT2D eigenvalue weighted by molar-refractivity contribution is -0.132. The summed E-state index contributed by atoms with van der Waals surface area (Å²) in [5.41, 5.74) is 3.43. The number of benzene rings is 1. The van der Waals surface area contributed by atoms with Crippen LogP contribution in [-0.4, -0.2) is 47.5 Å². The van der Waals surface area contributed by atoms with Gasteiger partial charge in [-0.25, -0.2) is 14.4 Å². The van der Waals surface area contributed by atoms with Crippen LogP contribution in [0.3, 0.4) is 0 Å². The van der Waals surface area contributed by atoms with E-state index in [2.05, 4.69) is 18.9 Å². The predicted octanol–water partition coefficient (Wildman–Crippen LogP) is 4.04. The van der Waals surface area contributed by atoms with Gasteiger partial charge in [-0.05, 0) is 63.1 Å². The van der Waals surface area contributed by atoms with Crippen molar-refractivity contribution in [3.8, 4) is 0 Å².